The lowest BCUT2D eigenvalue weighted by molar-refractivity contribution is -0.384. The number of furan rings is 1. The molecule has 1 N–H and O–H groups in total. The van der Waals surface area contributed by atoms with Gasteiger partial charge in [0.1, 0.15) is 11.5 Å². The third-order valence-electron chi connectivity index (χ3n) is 4.87. The Labute approximate surface area is 195 Å². The fraction of sp³-hybridized carbons (Fsp3) is 0.0435. The SMILES string of the molecule is O=C(O)c1cccc(-c2ccc(/C=C3/SC(=O)N(CC(=O)c4ccc([N+](=O)[O-])cc4)C3=O)o2)c1. The number of benzene rings is 2. The molecule has 1 aromatic heterocycles. The molecule has 2 aromatic carbocycles. The summed E-state index contributed by atoms with van der Waals surface area (Å²) in [5.74, 6) is -1.65. The Hall–Kier alpha value is -4.51. The maximum absolute atomic E-state index is 12.7. The van der Waals surface area contributed by atoms with Gasteiger partial charge in [0.05, 0.1) is 21.9 Å². The van der Waals surface area contributed by atoms with E-state index in [1.807, 2.05) is 0 Å². The van der Waals surface area contributed by atoms with E-state index >= 15 is 0 Å². The van der Waals surface area contributed by atoms with E-state index in [0.717, 1.165) is 4.90 Å². The number of carbonyl (C=O) groups is 4. The highest BCUT2D eigenvalue weighted by Crippen LogP contribution is 2.33. The van der Waals surface area contributed by atoms with E-state index in [2.05, 4.69) is 0 Å². The largest absolute Gasteiger partial charge is 0.478 e. The second-order valence-electron chi connectivity index (χ2n) is 7.08. The molecule has 0 spiro atoms. The Morgan fingerprint density at radius 1 is 1.06 bits per heavy atom. The Bertz CT molecular complexity index is 1370. The van der Waals surface area contributed by atoms with Crippen molar-refractivity contribution in [2.24, 2.45) is 0 Å². The number of hydrogen-bond acceptors (Lipinski definition) is 8. The minimum atomic E-state index is -1.08. The summed E-state index contributed by atoms with van der Waals surface area (Å²) in [7, 11) is 0. The third kappa shape index (κ3) is 4.64. The zero-order valence-corrected chi connectivity index (χ0v) is 18.0. The third-order valence-corrected chi connectivity index (χ3v) is 5.78. The number of carboxylic acids is 1. The second-order valence-corrected chi connectivity index (χ2v) is 8.08. The molecule has 3 aromatic rings. The summed E-state index contributed by atoms with van der Waals surface area (Å²) in [6.45, 7) is -0.509. The maximum Gasteiger partial charge on any atom is 0.335 e. The molecule has 0 bridgehead atoms. The van der Waals surface area contributed by atoms with Crippen LogP contribution in [0.4, 0.5) is 10.5 Å². The molecule has 2 amide bonds. The molecule has 34 heavy (non-hydrogen) atoms. The highest BCUT2D eigenvalue weighted by Gasteiger charge is 2.36. The molecule has 1 aliphatic heterocycles. The Morgan fingerprint density at radius 3 is 2.47 bits per heavy atom. The number of Topliss-reactive ketones (excluding diaryl/α,β-unsaturated/α-hetero) is 1. The fourth-order valence-electron chi connectivity index (χ4n) is 3.16. The van der Waals surface area contributed by atoms with Crippen molar-refractivity contribution in [1.29, 1.82) is 0 Å². The summed E-state index contributed by atoms with van der Waals surface area (Å²) in [6.07, 6.45) is 1.37. The van der Waals surface area contributed by atoms with Gasteiger partial charge in [0.2, 0.25) is 0 Å². The number of nitro groups is 1. The Morgan fingerprint density at radius 2 is 1.79 bits per heavy atom. The van der Waals surface area contributed by atoms with Gasteiger partial charge in [-0.15, -0.1) is 0 Å². The van der Waals surface area contributed by atoms with Crippen LogP contribution >= 0.6 is 11.8 Å². The number of nitro benzene ring substituents is 1. The topological polar surface area (TPSA) is 148 Å². The van der Waals surface area contributed by atoms with Crippen LogP contribution in [0.5, 0.6) is 0 Å². The molecule has 0 saturated carbocycles. The van der Waals surface area contributed by atoms with Crippen molar-refractivity contribution in [3.05, 3.63) is 92.6 Å². The molecule has 170 valence electrons. The standard InChI is InChI=1S/C23H14N2O8S/c26-18(13-4-6-16(7-5-13)25(31)32)12-24-21(27)20(34-23(24)30)11-17-8-9-19(33-17)14-2-1-3-15(10-14)22(28)29/h1-11H,12H2,(H,28,29)/b20-11+. The van der Waals surface area contributed by atoms with Gasteiger partial charge < -0.3 is 9.52 Å². The molecule has 2 heterocycles. The van der Waals surface area contributed by atoms with Crippen LogP contribution in [0.3, 0.4) is 0 Å². The molecule has 1 fully saturated rings. The van der Waals surface area contributed by atoms with Crippen LogP contribution in [-0.4, -0.2) is 44.4 Å². The Kier molecular flexibility index (Phi) is 6.11. The molecule has 11 heteroatoms. The van der Waals surface area contributed by atoms with Crippen LogP contribution < -0.4 is 0 Å². The van der Waals surface area contributed by atoms with Gasteiger partial charge in [-0.25, -0.2) is 4.79 Å². The number of ketones is 1. The van der Waals surface area contributed by atoms with Crippen molar-refractivity contribution in [2.75, 3.05) is 6.54 Å². The summed E-state index contributed by atoms with van der Waals surface area (Å²) in [5, 5.41) is 19.2. The van der Waals surface area contributed by atoms with Crippen LogP contribution in [-0.2, 0) is 4.79 Å². The number of imide groups is 1. The highest BCUT2D eigenvalue weighted by atomic mass is 32.2. The minimum Gasteiger partial charge on any atom is -0.478 e. The maximum atomic E-state index is 12.7. The molecule has 4 rings (SSSR count). The minimum absolute atomic E-state index is 0.0571. The number of rotatable bonds is 7. The summed E-state index contributed by atoms with van der Waals surface area (Å²) in [5.41, 5.74) is 0.571. The first kappa shape index (κ1) is 22.7. The van der Waals surface area contributed by atoms with Crippen molar-refractivity contribution in [3.8, 4) is 11.3 Å². The summed E-state index contributed by atoms with van der Waals surface area (Å²) in [4.78, 5) is 59.6. The van der Waals surface area contributed by atoms with Crippen molar-refractivity contribution in [1.82, 2.24) is 4.90 Å². The summed E-state index contributed by atoms with van der Waals surface area (Å²) < 4.78 is 5.68. The second kappa shape index (κ2) is 9.16. The van der Waals surface area contributed by atoms with Crippen LogP contribution in [0.1, 0.15) is 26.5 Å². The molecule has 10 nitrogen and oxygen atoms in total. The molecule has 0 unspecified atom stereocenters. The Balaban J connectivity index is 1.49. The van der Waals surface area contributed by atoms with E-state index in [1.54, 1.807) is 24.3 Å². The molecule has 0 radical (unpaired) electrons. The van der Waals surface area contributed by atoms with Gasteiger partial charge in [-0.1, -0.05) is 12.1 Å². The zero-order valence-electron chi connectivity index (χ0n) is 17.2. The molecule has 0 atom stereocenters. The molecular formula is C23H14N2O8S. The highest BCUT2D eigenvalue weighted by molar-refractivity contribution is 8.18. The van der Waals surface area contributed by atoms with Crippen molar-refractivity contribution < 1.29 is 33.6 Å². The average Bonchev–Trinajstić information content (AvgIpc) is 3.39. The molecule has 0 aliphatic carbocycles. The summed E-state index contributed by atoms with van der Waals surface area (Å²) in [6, 6.07) is 14.2. The average molecular weight is 478 g/mol. The molecule has 1 aliphatic rings. The molecule has 1 saturated heterocycles. The van der Waals surface area contributed by atoms with Gasteiger partial charge in [0, 0.05) is 29.3 Å². The normalized spacial score (nSPS) is 14.6. The number of carbonyl (C=O) groups excluding carboxylic acids is 3. The zero-order chi connectivity index (χ0) is 24.4. The van der Waals surface area contributed by atoms with Gasteiger partial charge in [-0.3, -0.25) is 29.4 Å². The monoisotopic (exact) mass is 478 g/mol. The van der Waals surface area contributed by atoms with Gasteiger partial charge in [-0.05, 0) is 48.2 Å². The van der Waals surface area contributed by atoms with Crippen molar-refractivity contribution >= 4 is 46.4 Å². The fourth-order valence-corrected chi connectivity index (χ4v) is 3.98. The number of thioether (sulfide) groups is 1. The van der Waals surface area contributed by atoms with Gasteiger partial charge in [0.15, 0.2) is 5.78 Å². The predicted molar refractivity (Wildman–Crippen MR) is 121 cm³/mol. The lowest BCUT2D eigenvalue weighted by Gasteiger charge is -2.11. The lowest BCUT2D eigenvalue weighted by Crippen LogP contribution is -2.33. The number of aromatic carboxylic acids is 1. The van der Waals surface area contributed by atoms with Crippen LogP contribution in [0.15, 0.2) is 70.0 Å². The quantitative estimate of drug-likeness (QED) is 0.225. The van der Waals surface area contributed by atoms with E-state index in [-0.39, 0.29) is 27.5 Å². The number of carboxylic acid groups (broad SMARTS) is 1. The van der Waals surface area contributed by atoms with Gasteiger partial charge in [0.25, 0.3) is 16.8 Å². The molecular weight excluding hydrogens is 464 g/mol. The van der Waals surface area contributed by atoms with E-state index in [9.17, 15) is 29.3 Å². The van der Waals surface area contributed by atoms with E-state index in [0.29, 0.717) is 23.1 Å². The van der Waals surface area contributed by atoms with Crippen LogP contribution in [0.25, 0.3) is 17.4 Å². The number of hydrogen-bond donors (Lipinski definition) is 1. The van der Waals surface area contributed by atoms with Crippen molar-refractivity contribution in [2.45, 2.75) is 0 Å². The first-order valence-electron chi connectivity index (χ1n) is 9.69. The van der Waals surface area contributed by atoms with Gasteiger partial charge in [-0.2, -0.15) is 0 Å². The predicted octanol–water partition coefficient (Wildman–Crippen LogP) is 4.47. The first-order valence-corrected chi connectivity index (χ1v) is 10.5. The number of non-ortho nitro benzene ring substituents is 1. The lowest BCUT2D eigenvalue weighted by atomic mass is 10.1. The van der Waals surface area contributed by atoms with Crippen LogP contribution in [0.2, 0.25) is 0 Å². The number of amides is 2. The first-order chi connectivity index (χ1) is 16.2. The van der Waals surface area contributed by atoms with Crippen LogP contribution in [0, 0.1) is 10.1 Å². The van der Waals surface area contributed by atoms with Gasteiger partial charge >= 0.3 is 5.97 Å². The summed E-state index contributed by atoms with van der Waals surface area (Å²) >= 11 is 0.651. The van der Waals surface area contributed by atoms with E-state index < -0.39 is 34.4 Å². The van der Waals surface area contributed by atoms with Crippen molar-refractivity contribution in [3.63, 3.8) is 0 Å². The smallest absolute Gasteiger partial charge is 0.335 e. The van der Waals surface area contributed by atoms with E-state index in [1.165, 1.54) is 42.5 Å². The number of nitrogens with zero attached hydrogens (tertiary/aromatic N) is 2. The van der Waals surface area contributed by atoms with E-state index in [4.69, 9.17) is 9.52 Å².